The van der Waals surface area contributed by atoms with Gasteiger partial charge in [-0.3, -0.25) is 14.7 Å². The highest BCUT2D eigenvalue weighted by Gasteiger charge is 2.39. The highest BCUT2D eigenvalue weighted by atomic mass is 19.1. The quantitative estimate of drug-likeness (QED) is 0.849. The van der Waals surface area contributed by atoms with Gasteiger partial charge in [-0.2, -0.15) is 0 Å². The zero-order valence-corrected chi connectivity index (χ0v) is 14.9. The SMILES string of the molecule is O=C(c1ccccn1)N1C[C@@H]2CCCCN(Cc3cccc(F)c3)[C@@H]2C1. The molecule has 2 atom stereocenters. The fraction of sp³-hybridized carbons (Fsp3) is 0.429. The molecule has 4 nitrogen and oxygen atoms in total. The second-order valence-electron chi connectivity index (χ2n) is 7.35. The minimum atomic E-state index is -0.188. The van der Waals surface area contributed by atoms with Crippen molar-refractivity contribution < 1.29 is 9.18 Å². The van der Waals surface area contributed by atoms with Crippen LogP contribution in [0.2, 0.25) is 0 Å². The molecule has 26 heavy (non-hydrogen) atoms. The summed E-state index contributed by atoms with van der Waals surface area (Å²) in [6.45, 7) is 3.27. The molecule has 2 saturated heterocycles. The molecule has 4 rings (SSSR count). The smallest absolute Gasteiger partial charge is 0.272 e. The molecule has 2 aromatic rings. The predicted molar refractivity (Wildman–Crippen MR) is 98.1 cm³/mol. The lowest BCUT2D eigenvalue weighted by atomic mass is 9.98. The van der Waals surface area contributed by atoms with Crippen LogP contribution >= 0.6 is 0 Å². The molecule has 0 spiro atoms. The molecule has 0 aliphatic carbocycles. The average Bonchev–Trinajstić information content (AvgIpc) is 3.00. The Balaban J connectivity index is 1.50. The minimum Gasteiger partial charge on any atom is -0.335 e. The van der Waals surface area contributed by atoms with E-state index in [1.165, 1.54) is 12.5 Å². The van der Waals surface area contributed by atoms with Gasteiger partial charge in [0, 0.05) is 31.9 Å². The molecule has 1 amide bonds. The Kier molecular flexibility index (Phi) is 4.98. The van der Waals surface area contributed by atoms with Gasteiger partial charge in [0.1, 0.15) is 11.5 Å². The van der Waals surface area contributed by atoms with E-state index >= 15 is 0 Å². The monoisotopic (exact) mass is 353 g/mol. The average molecular weight is 353 g/mol. The number of carbonyl (C=O) groups excluding carboxylic acids is 1. The summed E-state index contributed by atoms with van der Waals surface area (Å²) < 4.78 is 13.5. The van der Waals surface area contributed by atoms with Gasteiger partial charge in [-0.05, 0) is 55.1 Å². The van der Waals surface area contributed by atoms with Gasteiger partial charge in [-0.1, -0.05) is 24.6 Å². The summed E-state index contributed by atoms with van der Waals surface area (Å²) >= 11 is 0. The number of amides is 1. The Morgan fingerprint density at radius 3 is 2.88 bits per heavy atom. The number of carbonyl (C=O) groups is 1. The van der Waals surface area contributed by atoms with Crippen molar-refractivity contribution >= 4 is 5.91 Å². The predicted octanol–water partition coefficient (Wildman–Crippen LogP) is 3.35. The number of nitrogens with zero attached hydrogens (tertiary/aromatic N) is 3. The number of hydrogen-bond donors (Lipinski definition) is 0. The number of aromatic nitrogens is 1. The summed E-state index contributed by atoms with van der Waals surface area (Å²) in [5.41, 5.74) is 1.51. The lowest BCUT2D eigenvalue weighted by molar-refractivity contribution is 0.0767. The molecule has 0 unspecified atom stereocenters. The standard InChI is InChI=1S/C21H24FN3O/c22-18-8-5-6-16(12-18)13-24-11-4-2-7-17-14-25(15-20(17)24)21(26)19-9-1-3-10-23-19/h1,3,5-6,8-10,12,17,20H,2,4,7,11,13-15H2/t17-,20+/m0/s1. The second kappa shape index (κ2) is 7.54. The van der Waals surface area contributed by atoms with Gasteiger partial charge in [-0.15, -0.1) is 0 Å². The van der Waals surface area contributed by atoms with Gasteiger partial charge in [0.05, 0.1) is 0 Å². The van der Waals surface area contributed by atoms with E-state index < -0.39 is 0 Å². The molecule has 0 bridgehead atoms. The van der Waals surface area contributed by atoms with Gasteiger partial charge >= 0.3 is 0 Å². The van der Waals surface area contributed by atoms with E-state index in [9.17, 15) is 9.18 Å². The largest absolute Gasteiger partial charge is 0.335 e. The third kappa shape index (κ3) is 3.63. The Hall–Kier alpha value is -2.27. The summed E-state index contributed by atoms with van der Waals surface area (Å²) in [5, 5.41) is 0. The van der Waals surface area contributed by atoms with Crippen LogP contribution in [0.5, 0.6) is 0 Å². The zero-order valence-electron chi connectivity index (χ0n) is 14.9. The van der Waals surface area contributed by atoms with Gasteiger partial charge in [0.25, 0.3) is 5.91 Å². The molecule has 1 aromatic carbocycles. The fourth-order valence-corrected chi connectivity index (χ4v) is 4.32. The number of benzene rings is 1. The van der Waals surface area contributed by atoms with E-state index in [1.807, 2.05) is 23.1 Å². The Labute approximate surface area is 153 Å². The lowest BCUT2D eigenvalue weighted by Gasteiger charge is -2.30. The van der Waals surface area contributed by atoms with Gasteiger partial charge < -0.3 is 4.90 Å². The van der Waals surface area contributed by atoms with E-state index in [1.54, 1.807) is 24.4 Å². The van der Waals surface area contributed by atoms with Crippen LogP contribution in [0, 0.1) is 11.7 Å². The first kappa shape index (κ1) is 17.2. The maximum absolute atomic E-state index is 13.5. The van der Waals surface area contributed by atoms with Gasteiger partial charge in [0.15, 0.2) is 0 Å². The number of halogens is 1. The fourth-order valence-electron chi connectivity index (χ4n) is 4.32. The molecule has 0 saturated carbocycles. The van der Waals surface area contributed by atoms with E-state index in [0.717, 1.165) is 44.6 Å². The lowest BCUT2D eigenvalue weighted by Crippen LogP contribution is -2.40. The number of pyridine rings is 1. The van der Waals surface area contributed by atoms with Crippen LogP contribution in [0.1, 0.15) is 35.3 Å². The number of fused-ring (bicyclic) bond motifs is 1. The third-order valence-corrected chi connectivity index (χ3v) is 5.59. The molecular weight excluding hydrogens is 329 g/mol. The summed E-state index contributed by atoms with van der Waals surface area (Å²) in [6, 6.07) is 12.6. The van der Waals surface area contributed by atoms with Crippen LogP contribution in [0.4, 0.5) is 4.39 Å². The van der Waals surface area contributed by atoms with Crippen molar-refractivity contribution in [3.63, 3.8) is 0 Å². The number of hydrogen-bond acceptors (Lipinski definition) is 3. The maximum atomic E-state index is 13.5. The first-order valence-corrected chi connectivity index (χ1v) is 9.39. The Morgan fingerprint density at radius 2 is 2.08 bits per heavy atom. The minimum absolute atomic E-state index is 0.0179. The molecule has 0 N–H and O–H groups in total. The highest BCUT2D eigenvalue weighted by Crippen LogP contribution is 2.31. The van der Waals surface area contributed by atoms with Crippen LogP contribution in [0.15, 0.2) is 48.7 Å². The van der Waals surface area contributed by atoms with E-state index in [4.69, 9.17) is 0 Å². The van der Waals surface area contributed by atoms with Gasteiger partial charge in [0.2, 0.25) is 0 Å². The van der Waals surface area contributed by atoms with E-state index in [0.29, 0.717) is 17.7 Å². The van der Waals surface area contributed by atoms with E-state index in [-0.39, 0.29) is 11.7 Å². The normalized spacial score (nSPS) is 23.5. The number of rotatable bonds is 3. The van der Waals surface area contributed by atoms with Crippen molar-refractivity contribution in [2.75, 3.05) is 19.6 Å². The molecule has 136 valence electrons. The van der Waals surface area contributed by atoms with Crippen molar-refractivity contribution in [3.05, 3.63) is 65.7 Å². The molecule has 1 aromatic heterocycles. The Bertz CT molecular complexity index is 767. The van der Waals surface area contributed by atoms with Crippen molar-refractivity contribution in [3.8, 4) is 0 Å². The third-order valence-electron chi connectivity index (χ3n) is 5.59. The molecule has 2 aliphatic heterocycles. The summed E-state index contributed by atoms with van der Waals surface area (Å²) in [7, 11) is 0. The van der Waals surface area contributed by atoms with Crippen LogP contribution in [-0.4, -0.2) is 46.4 Å². The summed E-state index contributed by atoms with van der Waals surface area (Å²) in [5.74, 6) is 0.315. The van der Waals surface area contributed by atoms with Crippen LogP contribution in [0.3, 0.4) is 0 Å². The molecule has 2 fully saturated rings. The molecular formula is C21H24FN3O. The molecule has 2 aliphatic rings. The molecule has 3 heterocycles. The Morgan fingerprint density at radius 1 is 1.15 bits per heavy atom. The van der Waals surface area contributed by atoms with Crippen LogP contribution in [-0.2, 0) is 6.54 Å². The van der Waals surface area contributed by atoms with Gasteiger partial charge in [-0.25, -0.2) is 4.39 Å². The number of likely N-dealkylation sites (tertiary alicyclic amines) is 2. The van der Waals surface area contributed by atoms with Crippen molar-refractivity contribution in [2.45, 2.75) is 31.8 Å². The van der Waals surface area contributed by atoms with E-state index in [2.05, 4.69) is 9.88 Å². The first-order chi connectivity index (χ1) is 12.7. The second-order valence-corrected chi connectivity index (χ2v) is 7.35. The van der Waals surface area contributed by atoms with Crippen molar-refractivity contribution in [1.82, 2.24) is 14.8 Å². The highest BCUT2D eigenvalue weighted by molar-refractivity contribution is 5.92. The zero-order chi connectivity index (χ0) is 17.9. The molecule has 0 radical (unpaired) electrons. The first-order valence-electron chi connectivity index (χ1n) is 9.39. The summed E-state index contributed by atoms with van der Waals surface area (Å²) in [4.78, 5) is 21.4. The van der Waals surface area contributed by atoms with Crippen LogP contribution < -0.4 is 0 Å². The molecule has 5 heteroatoms. The maximum Gasteiger partial charge on any atom is 0.272 e. The van der Waals surface area contributed by atoms with Crippen LogP contribution in [0.25, 0.3) is 0 Å². The topological polar surface area (TPSA) is 36.4 Å². The van der Waals surface area contributed by atoms with Crippen molar-refractivity contribution in [1.29, 1.82) is 0 Å². The summed E-state index contributed by atoms with van der Waals surface area (Å²) in [6.07, 6.45) is 5.16. The van der Waals surface area contributed by atoms with Crippen molar-refractivity contribution in [2.24, 2.45) is 5.92 Å².